The number of aliphatic hydroxyl groups is 1. The Morgan fingerprint density at radius 2 is 1.90 bits per heavy atom. The molecule has 1 atom stereocenters. The quantitative estimate of drug-likeness (QED) is 0.255. The van der Waals surface area contributed by atoms with Crippen molar-refractivity contribution < 1.29 is 14.6 Å². The van der Waals surface area contributed by atoms with E-state index in [-0.39, 0.29) is 18.9 Å². The van der Waals surface area contributed by atoms with Crippen molar-refractivity contribution in [2.75, 3.05) is 31.7 Å². The maximum absolute atomic E-state index is 9.20. The first kappa shape index (κ1) is 20.1. The van der Waals surface area contributed by atoms with Gasteiger partial charge in [-0.3, -0.25) is 5.73 Å². The minimum atomic E-state index is -1.44. The Morgan fingerprint density at radius 3 is 2.60 bits per heavy atom. The topological polar surface area (TPSA) is 192 Å². The van der Waals surface area contributed by atoms with Gasteiger partial charge in [0.25, 0.3) is 5.90 Å². The molecular formula is C16H25N11O3. The van der Waals surface area contributed by atoms with E-state index in [1.807, 2.05) is 13.8 Å². The number of aromatic amines is 1. The Bertz CT molecular complexity index is 1070. The number of ether oxygens (including phenoxy) is 2. The molecule has 4 heterocycles. The standard InChI is InChI=1S/C16H25N11O3/c1-3-29-13-11(12-19-9(5-7-17)22-26(12)24-13)21-16(18)14-20-10(6-8-28)23-27(14)25-15(16)30-4-2/h21,24,28H,3-8,17-18H2,1-2H3. The summed E-state index contributed by atoms with van der Waals surface area (Å²) in [6.07, 6.45) is 0.804. The van der Waals surface area contributed by atoms with Crippen LogP contribution < -0.4 is 21.5 Å². The number of nitrogens with one attached hydrogen (secondary N) is 2. The van der Waals surface area contributed by atoms with E-state index in [4.69, 9.17) is 20.9 Å². The zero-order chi connectivity index (χ0) is 21.3. The molecule has 14 heteroatoms. The Labute approximate surface area is 171 Å². The summed E-state index contributed by atoms with van der Waals surface area (Å²) < 4.78 is 12.9. The third-order valence-electron chi connectivity index (χ3n) is 4.41. The number of aliphatic hydroxyl groups excluding tert-OH is 1. The van der Waals surface area contributed by atoms with E-state index >= 15 is 0 Å². The second-order valence-electron chi connectivity index (χ2n) is 6.54. The van der Waals surface area contributed by atoms with Gasteiger partial charge in [0.2, 0.25) is 23.0 Å². The predicted molar refractivity (Wildman–Crippen MR) is 106 cm³/mol. The van der Waals surface area contributed by atoms with Crippen molar-refractivity contribution in [3.8, 4) is 5.88 Å². The number of hydrogen-bond acceptors (Lipinski definition) is 11. The summed E-state index contributed by atoms with van der Waals surface area (Å²) in [6.45, 7) is 4.78. The molecule has 1 unspecified atom stereocenters. The van der Waals surface area contributed by atoms with E-state index in [1.54, 1.807) is 0 Å². The minimum absolute atomic E-state index is 0.0902. The molecule has 4 rings (SSSR count). The molecule has 7 N–H and O–H groups in total. The normalized spacial score (nSPS) is 18.0. The molecule has 14 nitrogen and oxygen atoms in total. The lowest BCUT2D eigenvalue weighted by atomic mass is 10.1. The Balaban J connectivity index is 1.78. The van der Waals surface area contributed by atoms with Crippen molar-refractivity contribution in [2.45, 2.75) is 32.4 Å². The van der Waals surface area contributed by atoms with Crippen LogP contribution in [0.15, 0.2) is 5.10 Å². The largest absolute Gasteiger partial charge is 0.477 e. The number of fused-ring (bicyclic) bond motifs is 2. The highest BCUT2D eigenvalue weighted by Gasteiger charge is 2.47. The Morgan fingerprint density at radius 1 is 1.13 bits per heavy atom. The van der Waals surface area contributed by atoms with Crippen molar-refractivity contribution in [3.63, 3.8) is 0 Å². The molecule has 0 amide bonds. The maximum atomic E-state index is 9.20. The van der Waals surface area contributed by atoms with Gasteiger partial charge < -0.3 is 25.6 Å². The SMILES string of the molecule is CCOC1=Nn2nc(CCO)nc2C1(N)Nc1c(OCC)[nH]n2nc(CCN)nc12. The molecule has 3 aromatic heterocycles. The minimum Gasteiger partial charge on any atom is -0.477 e. The molecule has 30 heavy (non-hydrogen) atoms. The van der Waals surface area contributed by atoms with Gasteiger partial charge in [-0.25, -0.2) is 15.1 Å². The monoisotopic (exact) mass is 419 g/mol. The fraction of sp³-hybridized carbons (Fsp3) is 0.562. The third-order valence-corrected chi connectivity index (χ3v) is 4.41. The molecule has 0 bridgehead atoms. The summed E-state index contributed by atoms with van der Waals surface area (Å²) in [5, 5.41) is 28.4. The molecule has 0 aliphatic carbocycles. The van der Waals surface area contributed by atoms with Crippen molar-refractivity contribution in [2.24, 2.45) is 16.6 Å². The summed E-state index contributed by atoms with van der Waals surface area (Å²) in [4.78, 5) is 10.3. The first-order valence-corrected chi connectivity index (χ1v) is 9.71. The van der Waals surface area contributed by atoms with Crippen LogP contribution >= 0.6 is 0 Å². The van der Waals surface area contributed by atoms with E-state index in [0.717, 1.165) is 0 Å². The van der Waals surface area contributed by atoms with E-state index in [2.05, 4.69) is 35.7 Å². The molecule has 0 fully saturated rings. The first-order chi connectivity index (χ1) is 14.5. The molecule has 1 aliphatic heterocycles. The second kappa shape index (κ2) is 7.89. The van der Waals surface area contributed by atoms with Gasteiger partial charge in [0.1, 0.15) is 5.69 Å². The van der Waals surface area contributed by atoms with Crippen LogP contribution in [-0.4, -0.2) is 72.1 Å². The lowest BCUT2D eigenvalue weighted by Crippen LogP contribution is -2.51. The average Bonchev–Trinajstić information content (AvgIpc) is 3.41. The summed E-state index contributed by atoms with van der Waals surface area (Å²) in [7, 11) is 0. The fourth-order valence-corrected chi connectivity index (χ4v) is 3.16. The van der Waals surface area contributed by atoms with E-state index in [1.165, 1.54) is 9.42 Å². The zero-order valence-corrected chi connectivity index (χ0v) is 16.8. The van der Waals surface area contributed by atoms with E-state index in [9.17, 15) is 5.11 Å². The molecule has 0 aromatic carbocycles. The van der Waals surface area contributed by atoms with Crippen LogP contribution in [0, 0.1) is 0 Å². The number of aromatic nitrogens is 7. The van der Waals surface area contributed by atoms with Crippen LogP contribution in [0.4, 0.5) is 5.69 Å². The number of nitrogens with zero attached hydrogens (tertiary/aromatic N) is 7. The van der Waals surface area contributed by atoms with Gasteiger partial charge in [0.15, 0.2) is 11.6 Å². The van der Waals surface area contributed by atoms with Gasteiger partial charge in [-0.05, 0) is 20.4 Å². The highest BCUT2D eigenvalue weighted by Crippen LogP contribution is 2.34. The lowest BCUT2D eigenvalue weighted by molar-refractivity contribution is 0.294. The summed E-state index contributed by atoms with van der Waals surface area (Å²) in [6, 6.07) is 0. The van der Waals surface area contributed by atoms with Crippen molar-refractivity contribution in [1.82, 2.24) is 34.7 Å². The van der Waals surface area contributed by atoms with Gasteiger partial charge in [-0.2, -0.15) is 0 Å². The van der Waals surface area contributed by atoms with Crippen LogP contribution in [0.5, 0.6) is 5.88 Å². The van der Waals surface area contributed by atoms with Crippen LogP contribution in [-0.2, 0) is 23.2 Å². The smallest absolute Gasteiger partial charge is 0.258 e. The summed E-state index contributed by atoms with van der Waals surface area (Å²) in [5.74, 6) is 1.91. The van der Waals surface area contributed by atoms with E-state index in [0.29, 0.717) is 60.9 Å². The van der Waals surface area contributed by atoms with Crippen LogP contribution in [0.1, 0.15) is 31.3 Å². The average molecular weight is 419 g/mol. The molecule has 0 spiro atoms. The molecule has 0 saturated carbocycles. The van der Waals surface area contributed by atoms with Crippen LogP contribution in [0.3, 0.4) is 0 Å². The van der Waals surface area contributed by atoms with Gasteiger partial charge in [-0.1, -0.05) is 0 Å². The number of nitrogens with two attached hydrogens (primary N) is 2. The Hall–Kier alpha value is -3.23. The molecule has 3 aromatic rings. The summed E-state index contributed by atoms with van der Waals surface area (Å²) >= 11 is 0. The number of H-pyrrole nitrogens is 1. The van der Waals surface area contributed by atoms with Gasteiger partial charge in [0, 0.05) is 12.8 Å². The molecular weight excluding hydrogens is 394 g/mol. The fourth-order valence-electron chi connectivity index (χ4n) is 3.16. The van der Waals surface area contributed by atoms with Crippen molar-refractivity contribution in [3.05, 3.63) is 17.5 Å². The number of rotatable bonds is 9. The maximum Gasteiger partial charge on any atom is 0.258 e. The van der Waals surface area contributed by atoms with Gasteiger partial charge >= 0.3 is 0 Å². The van der Waals surface area contributed by atoms with Gasteiger partial charge in [0.05, 0.1) is 19.8 Å². The molecule has 0 radical (unpaired) electrons. The van der Waals surface area contributed by atoms with E-state index < -0.39 is 5.66 Å². The lowest BCUT2D eigenvalue weighted by Gasteiger charge is -2.25. The van der Waals surface area contributed by atoms with Crippen molar-refractivity contribution in [1.29, 1.82) is 0 Å². The second-order valence-corrected chi connectivity index (χ2v) is 6.54. The Kier molecular flexibility index (Phi) is 5.27. The van der Waals surface area contributed by atoms with Crippen molar-refractivity contribution >= 4 is 17.2 Å². The first-order valence-electron chi connectivity index (χ1n) is 9.71. The highest BCUT2D eigenvalue weighted by atomic mass is 16.5. The predicted octanol–water partition coefficient (Wildman–Crippen LogP) is -1.48. The zero-order valence-electron chi connectivity index (χ0n) is 16.8. The van der Waals surface area contributed by atoms with Crippen LogP contribution in [0.25, 0.3) is 5.65 Å². The molecule has 0 saturated heterocycles. The number of hydrogen-bond donors (Lipinski definition) is 5. The molecule has 1 aliphatic rings. The van der Waals surface area contributed by atoms with Gasteiger partial charge in [-0.15, -0.1) is 24.7 Å². The highest BCUT2D eigenvalue weighted by molar-refractivity contribution is 5.92. The number of anilines is 1. The summed E-state index contributed by atoms with van der Waals surface area (Å²) in [5.41, 5.74) is 11.9. The molecule has 162 valence electrons. The van der Waals surface area contributed by atoms with Crippen LogP contribution in [0.2, 0.25) is 0 Å². The third kappa shape index (κ3) is 3.24.